The Morgan fingerprint density at radius 1 is 0.971 bits per heavy atom. The second-order valence-electron chi connectivity index (χ2n) is 8.34. The van der Waals surface area contributed by atoms with Crippen LogP contribution in [0.15, 0.2) is 68.3 Å². The van der Waals surface area contributed by atoms with Gasteiger partial charge in [0.15, 0.2) is 11.5 Å². The highest BCUT2D eigenvalue weighted by molar-refractivity contribution is 9.10. The minimum Gasteiger partial charge on any atom is -0.488 e. The van der Waals surface area contributed by atoms with Gasteiger partial charge >= 0.3 is 0 Å². The van der Waals surface area contributed by atoms with E-state index >= 15 is 0 Å². The van der Waals surface area contributed by atoms with Gasteiger partial charge in [-0.05, 0) is 60.4 Å². The summed E-state index contributed by atoms with van der Waals surface area (Å²) >= 11 is 3.46. The van der Waals surface area contributed by atoms with E-state index in [1.54, 1.807) is 0 Å². The van der Waals surface area contributed by atoms with Gasteiger partial charge < -0.3 is 18.6 Å². The van der Waals surface area contributed by atoms with E-state index in [2.05, 4.69) is 22.9 Å². The van der Waals surface area contributed by atoms with E-state index in [0.717, 1.165) is 39.8 Å². The average Bonchev–Trinajstić information content (AvgIpc) is 2.84. The van der Waals surface area contributed by atoms with Crippen molar-refractivity contribution in [2.45, 2.75) is 33.3 Å². The van der Waals surface area contributed by atoms with Gasteiger partial charge in [-0.2, -0.15) is 0 Å². The zero-order chi connectivity index (χ0) is 23.7. The van der Waals surface area contributed by atoms with Crippen LogP contribution in [0.4, 0.5) is 0 Å². The van der Waals surface area contributed by atoms with Gasteiger partial charge in [0, 0.05) is 10.5 Å². The third-order valence-corrected chi connectivity index (χ3v) is 6.44. The first-order chi connectivity index (χ1) is 16.5. The van der Waals surface area contributed by atoms with E-state index in [0.29, 0.717) is 53.6 Å². The number of benzene rings is 3. The van der Waals surface area contributed by atoms with Crippen molar-refractivity contribution >= 4 is 26.9 Å². The zero-order valence-corrected chi connectivity index (χ0v) is 20.7. The van der Waals surface area contributed by atoms with Crippen molar-refractivity contribution in [2.75, 3.05) is 13.2 Å². The Labute approximate surface area is 206 Å². The van der Waals surface area contributed by atoms with E-state index in [4.69, 9.17) is 18.6 Å². The summed E-state index contributed by atoms with van der Waals surface area (Å²) in [6, 6.07) is 17.4. The van der Waals surface area contributed by atoms with Gasteiger partial charge in [-0.25, -0.2) is 0 Å². The van der Waals surface area contributed by atoms with Gasteiger partial charge in [0.1, 0.15) is 36.9 Å². The molecular formula is C28H25BrO5. The van der Waals surface area contributed by atoms with Crippen LogP contribution >= 0.6 is 15.9 Å². The summed E-state index contributed by atoms with van der Waals surface area (Å²) in [7, 11) is 0. The topological polar surface area (TPSA) is 57.9 Å². The zero-order valence-electron chi connectivity index (χ0n) is 19.2. The van der Waals surface area contributed by atoms with Crippen molar-refractivity contribution in [2.24, 2.45) is 0 Å². The molecule has 0 saturated carbocycles. The number of hydrogen-bond donors (Lipinski definition) is 0. The lowest BCUT2D eigenvalue weighted by molar-refractivity contribution is 0.171. The van der Waals surface area contributed by atoms with Crippen LogP contribution in [0.25, 0.3) is 22.1 Å². The van der Waals surface area contributed by atoms with Crippen molar-refractivity contribution < 1.29 is 18.6 Å². The third-order valence-electron chi connectivity index (χ3n) is 5.91. The second kappa shape index (κ2) is 9.55. The molecule has 4 aromatic rings. The smallest absolute Gasteiger partial charge is 0.200 e. The molecule has 2 heterocycles. The van der Waals surface area contributed by atoms with Crippen molar-refractivity contribution in [3.8, 4) is 28.4 Å². The predicted molar refractivity (Wildman–Crippen MR) is 136 cm³/mol. The van der Waals surface area contributed by atoms with Gasteiger partial charge in [0.25, 0.3) is 0 Å². The van der Waals surface area contributed by atoms with Crippen LogP contribution in [0, 0.1) is 6.92 Å². The van der Waals surface area contributed by atoms with E-state index in [9.17, 15) is 4.79 Å². The molecule has 0 unspecified atom stereocenters. The molecule has 3 aromatic carbocycles. The normalized spacial score (nSPS) is 12.7. The largest absolute Gasteiger partial charge is 0.488 e. The first-order valence-electron chi connectivity index (χ1n) is 11.4. The standard InChI is InChI=1S/C28H25BrO5/c1-3-4-19-13-22-25(15-24(19)33-16-18-5-8-21(29)9-6-18)34-17(2)27(28(22)30)20-7-10-23-26(14-20)32-12-11-31-23/h5-10,13-15H,3-4,11-12,16H2,1-2H3. The number of rotatable bonds is 6. The van der Waals surface area contributed by atoms with E-state index in [-0.39, 0.29) is 5.43 Å². The molecule has 0 aliphatic carbocycles. The predicted octanol–water partition coefficient (Wildman–Crippen LogP) is 6.83. The molecule has 5 nitrogen and oxygen atoms in total. The van der Waals surface area contributed by atoms with Crippen LogP contribution in [0.1, 0.15) is 30.2 Å². The maximum atomic E-state index is 13.6. The van der Waals surface area contributed by atoms with Crippen LogP contribution in [-0.4, -0.2) is 13.2 Å². The van der Waals surface area contributed by atoms with Gasteiger partial charge in [-0.3, -0.25) is 4.79 Å². The first kappa shape index (κ1) is 22.5. The Bertz CT molecular complexity index is 1410. The molecule has 0 amide bonds. The van der Waals surface area contributed by atoms with Crippen LogP contribution in [0.3, 0.4) is 0 Å². The summed E-state index contributed by atoms with van der Waals surface area (Å²) in [5, 5.41) is 0.551. The fourth-order valence-corrected chi connectivity index (χ4v) is 4.52. The van der Waals surface area contributed by atoms with Crippen molar-refractivity contribution in [1.29, 1.82) is 0 Å². The lowest BCUT2D eigenvalue weighted by atomic mass is 9.99. The van der Waals surface area contributed by atoms with Crippen LogP contribution < -0.4 is 19.6 Å². The Balaban J connectivity index is 1.55. The highest BCUT2D eigenvalue weighted by atomic mass is 79.9. The minimum atomic E-state index is -0.0627. The van der Waals surface area contributed by atoms with Crippen LogP contribution in [0.5, 0.6) is 17.2 Å². The molecule has 0 bridgehead atoms. The highest BCUT2D eigenvalue weighted by Gasteiger charge is 2.19. The average molecular weight is 521 g/mol. The molecule has 1 aliphatic heterocycles. The number of aryl methyl sites for hydroxylation is 2. The Kier molecular flexibility index (Phi) is 6.33. The maximum Gasteiger partial charge on any atom is 0.200 e. The Morgan fingerprint density at radius 3 is 2.50 bits per heavy atom. The SMILES string of the molecule is CCCc1cc2c(=O)c(-c3ccc4c(c3)OCCO4)c(C)oc2cc1OCc1ccc(Br)cc1. The van der Waals surface area contributed by atoms with E-state index in [1.165, 1.54) is 0 Å². The van der Waals surface area contributed by atoms with Crippen LogP contribution in [0.2, 0.25) is 0 Å². The molecule has 1 aliphatic rings. The van der Waals surface area contributed by atoms with Crippen molar-refractivity contribution in [1.82, 2.24) is 0 Å². The molecule has 5 rings (SSSR count). The molecule has 0 spiro atoms. The van der Waals surface area contributed by atoms with Crippen molar-refractivity contribution in [3.05, 3.63) is 86.2 Å². The van der Waals surface area contributed by atoms with Gasteiger partial charge in [-0.1, -0.05) is 47.5 Å². The lowest BCUT2D eigenvalue weighted by Gasteiger charge is -2.19. The Hall–Kier alpha value is -3.25. The molecule has 34 heavy (non-hydrogen) atoms. The first-order valence-corrected chi connectivity index (χ1v) is 12.2. The minimum absolute atomic E-state index is 0.0627. The summed E-state index contributed by atoms with van der Waals surface area (Å²) in [4.78, 5) is 13.6. The fraction of sp³-hybridized carbons (Fsp3) is 0.250. The van der Waals surface area contributed by atoms with Crippen LogP contribution in [-0.2, 0) is 13.0 Å². The number of halogens is 1. The van der Waals surface area contributed by atoms with E-state index < -0.39 is 0 Å². The molecule has 0 N–H and O–H groups in total. The number of ether oxygens (including phenoxy) is 3. The molecule has 174 valence electrons. The molecule has 6 heteroatoms. The fourth-order valence-electron chi connectivity index (χ4n) is 4.25. The second-order valence-corrected chi connectivity index (χ2v) is 9.26. The molecule has 0 saturated heterocycles. The molecule has 0 radical (unpaired) electrons. The molecule has 1 aromatic heterocycles. The third kappa shape index (κ3) is 4.42. The quantitative estimate of drug-likeness (QED) is 0.278. The number of fused-ring (bicyclic) bond motifs is 2. The van der Waals surface area contributed by atoms with Gasteiger partial charge in [0.05, 0.1) is 10.9 Å². The van der Waals surface area contributed by atoms with E-state index in [1.807, 2.05) is 61.5 Å². The van der Waals surface area contributed by atoms with Crippen molar-refractivity contribution in [3.63, 3.8) is 0 Å². The monoisotopic (exact) mass is 520 g/mol. The Morgan fingerprint density at radius 2 is 1.74 bits per heavy atom. The molecular weight excluding hydrogens is 496 g/mol. The van der Waals surface area contributed by atoms with Gasteiger partial charge in [0.2, 0.25) is 5.43 Å². The summed E-state index contributed by atoms with van der Waals surface area (Å²) in [6.45, 7) is 5.38. The summed E-state index contributed by atoms with van der Waals surface area (Å²) < 4.78 is 24.7. The summed E-state index contributed by atoms with van der Waals surface area (Å²) in [5.41, 5.74) is 3.82. The lowest BCUT2D eigenvalue weighted by Crippen LogP contribution is -2.15. The number of hydrogen-bond acceptors (Lipinski definition) is 5. The summed E-state index contributed by atoms with van der Waals surface area (Å²) in [6.07, 6.45) is 1.74. The van der Waals surface area contributed by atoms with Gasteiger partial charge in [-0.15, -0.1) is 0 Å². The molecule has 0 fully saturated rings. The summed E-state index contributed by atoms with van der Waals surface area (Å²) in [5.74, 6) is 2.63. The maximum absolute atomic E-state index is 13.6. The highest BCUT2D eigenvalue weighted by Crippen LogP contribution is 2.36. The molecule has 0 atom stereocenters.